The number of amides is 1. The lowest BCUT2D eigenvalue weighted by atomic mass is 9.94. The van der Waals surface area contributed by atoms with E-state index in [9.17, 15) is 14.7 Å². The number of aliphatic hydroxyl groups is 1. The number of para-hydroxylation sites is 2. The molecule has 0 bridgehead atoms. The van der Waals surface area contributed by atoms with Crippen LogP contribution in [0.5, 0.6) is 5.75 Å². The number of nitrogens with zero attached hydrogens (tertiary/aromatic N) is 1. The van der Waals surface area contributed by atoms with Crippen LogP contribution in [-0.2, 0) is 16.0 Å². The zero-order chi connectivity index (χ0) is 22.8. The van der Waals surface area contributed by atoms with Crippen LogP contribution in [-0.4, -0.2) is 23.9 Å². The normalized spacial score (nSPS) is 17.6. The van der Waals surface area contributed by atoms with Crippen molar-refractivity contribution in [3.8, 4) is 5.75 Å². The SMILES string of the molecule is CCc1ccc(/C(O)=C2\C(=O)C(=O)N(c3ccccc3C)C2c2ccccc2OC)cc1. The second-order valence-electron chi connectivity index (χ2n) is 7.75. The molecule has 1 fully saturated rings. The summed E-state index contributed by atoms with van der Waals surface area (Å²) >= 11 is 0. The Balaban J connectivity index is 1.98. The van der Waals surface area contributed by atoms with E-state index in [4.69, 9.17) is 4.74 Å². The molecule has 0 aromatic heterocycles. The maximum absolute atomic E-state index is 13.3. The van der Waals surface area contributed by atoms with Gasteiger partial charge in [0.15, 0.2) is 0 Å². The van der Waals surface area contributed by atoms with Crippen molar-refractivity contribution >= 4 is 23.1 Å². The topological polar surface area (TPSA) is 66.8 Å². The highest BCUT2D eigenvalue weighted by Gasteiger charge is 2.48. The van der Waals surface area contributed by atoms with E-state index in [-0.39, 0.29) is 11.3 Å². The molecule has 0 saturated carbocycles. The third-order valence-electron chi connectivity index (χ3n) is 5.89. The van der Waals surface area contributed by atoms with E-state index in [1.165, 1.54) is 4.90 Å². The van der Waals surface area contributed by atoms with E-state index in [1.54, 1.807) is 31.4 Å². The van der Waals surface area contributed by atoms with Crippen molar-refractivity contribution in [1.29, 1.82) is 0 Å². The Kier molecular flexibility index (Phi) is 5.82. The first-order valence-electron chi connectivity index (χ1n) is 10.6. The van der Waals surface area contributed by atoms with Crippen LogP contribution < -0.4 is 9.64 Å². The van der Waals surface area contributed by atoms with Gasteiger partial charge in [-0.05, 0) is 36.6 Å². The average Bonchev–Trinajstić information content (AvgIpc) is 3.09. The van der Waals surface area contributed by atoms with Gasteiger partial charge in [-0.2, -0.15) is 0 Å². The van der Waals surface area contributed by atoms with Crippen LogP contribution in [0.1, 0.15) is 35.2 Å². The van der Waals surface area contributed by atoms with Crippen molar-refractivity contribution in [1.82, 2.24) is 0 Å². The van der Waals surface area contributed by atoms with Crippen LogP contribution in [0.2, 0.25) is 0 Å². The molecule has 0 spiro atoms. The number of methoxy groups -OCH3 is 1. The first-order chi connectivity index (χ1) is 15.5. The van der Waals surface area contributed by atoms with E-state index in [2.05, 4.69) is 0 Å². The van der Waals surface area contributed by atoms with Crippen LogP contribution in [0.4, 0.5) is 5.69 Å². The Labute approximate surface area is 187 Å². The molecule has 4 rings (SSSR count). The first-order valence-corrected chi connectivity index (χ1v) is 10.6. The van der Waals surface area contributed by atoms with Gasteiger partial charge < -0.3 is 9.84 Å². The smallest absolute Gasteiger partial charge is 0.300 e. The minimum absolute atomic E-state index is 0.0481. The molecule has 0 radical (unpaired) electrons. The number of ether oxygens (including phenoxy) is 1. The molecule has 1 N–H and O–H groups in total. The highest BCUT2D eigenvalue weighted by atomic mass is 16.5. The monoisotopic (exact) mass is 427 g/mol. The molecule has 1 aliphatic rings. The molecule has 5 heteroatoms. The lowest BCUT2D eigenvalue weighted by molar-refractivity contribution is -0.132. The molecule has 5 nitrogen and oxygen atoms in total. The maximum atomic E-state index is 13.3. The van der Waals surface area contributed by atoms with Crippen molar-refractivity contribution in [2.45, 2.75) is 26.3 Å². The molecule has 1 saturated heterocycles. The quantitative estimate of drug-likeness (QED) is 0.346. The zero-order valence-corrected chi connectivity index (χ0v) is 18.3. The Morgan fingerprint density at radius 2 is 1.62 bits per heavy atom. The fourth-order valence-corrected chi connectivity index (χ4v) is 4.16. The number of hydrogen-bond donors (Lipinski definition) is 1. The summed E-state index contributed by atoms with van der Waals surface area (Å²) in [6.45, 7) is 3.93. The fourth-order valence-electron chi connectivity index (χ4n) is 4.16. The zero-order valence-electron chi connectivity index (χ0n) is 18.3. The number of aryl methyl sites for hydroxylation is 2. The number of carbonyl (C=O) groups excluding carboxylic acids is 2. The van der Waals surface area contributed by atoms with Gasteiger partial charge in [-0.15, -0.1) is 0 Å². The third kappa shape index (κ3) is 3.56. The van der Waals surface area contributed by atoms with Crippen molar-refractivity contribution in [2.24, 2.45) is 0 Å². The molecule has 32 heavy (non-hydrogen) atoms. The first kappa shape index (κ1) is 21.4. The molecular weight excluding hydrogens is 402 g/mol. The average molecular weight is 428 g/mol. The number of benzene rings is 3. The summed E-state index contributed by atoms with van der Waals surface area (Å²) in [5.74, 6) is -1.06. The second kappa shape index (κ2) is 8.71. The summed E-state index contributed by atoms with van der Waals surface area (Å²) in [4.78, 5) is 28.0. The van der Waals surface area contributed by atoms with Gasteiger partial charge in [0.05, 0.1) is 18.7 Å². The highest BCUT2D eigenvalue weighted by Crippen LogP contribution is 2.45. The Morgan fingerprint density at radius 1 is 0.969 bits per heavy atom. The van der Waals surface area contributed by atoms with Gasteiger partial charge in [-0.1, -0.05) is 67.6 Å². The largest absolute Gasteiger partial charge is 0.507 e. The van der Waals surface area contributed by atoms with Crippen molar-refractivity contribution in [3.05, 3.63) is 101 Å². The number of hydrogen-bond acceptors (Lipinski definition) is 4. The molecule has 3 aromatic rings. The van der Waals surface area contributed by atoms with Crippen molar-refractivity contribution < 1.29 is 19.4 Å². The lowest BCUT2D eigenvalue weighted by Gasteiger charge is -2.27. The summed E-state index contributed by atoms with van der Waals surface area (Å²) in [5, 5.41) is 11.2. The number of anilines is 1. The van der Waals surface area contributed by atoms with E-state index >= 15 is 0 Å². The van der Waals surface area contributed by atoms with Crippen LogP contribution >= 0.6 is 0 Å². The second-order valence-corrected chi connectivity index (χ2v) is 7.75. The number of ketones is 1. The van der Waals surface area contributed by atoms with E-state index in [0.29, 0.717) is 22.6 Å². The molecule has 1 aliphatic heterocycles. The van der Waals surface area contributed by atoms with Gasteiger partial charge in [-0.3, -0.25) is 14.5 Å². The van der Waals surface area contributed by atoms with Gasteiger partial charge in [0, 0.05) is 16.8 Å². The Morgan fingerprint density at radius 3 is 2.28 bits per heavy atom. The maximum Gasteiger partial charge on any atom is 0.300 e. The summed E-state index contributed by atoms with van der Waals surface area (Å²) in [6.07, 6.45) is 0.861. The number of rotatable bonds is 5. The summed E-state index contributed by atoms with van der Waals surface area (Å²) in [7, 11) is 1.54. The third-order valence-corrected chi connectivity index (χ3v) is 5.89. The lowest BCUT2D eigenvalue weighted by Crippen LogP contribution is -2.30. The minimum Gasteiger partial charge on any atom is -0.507 e. The molecular formula is C27H25NO4. The van der Waals surface area contributed by atoms with Gasteiger partial charge in [0.2, 0.25) is 0 Å². The van der Waals surface area contributed by atoms with Gasteiger partial charge in [0.1, 0.15) is 11.5 Å². The molecule has 1 amide bonds. The summed E-state index contributed by atoms with van der Waals surface area (Å²) in [5.41, 5.74) is 3.75. The molecule has 1 atom stereocenters. The number of Topliss-reactive ketones (excluding diaryl/α,β-unsaturated/α-hetero) is 1. The van der Waals surface area contributed by atoms with Crippen LogP contribution in [0.3, 0.4) is 0 Å². The van der Waals surface area contributed by atoms with E-state index in [0.717, 1.165) is 17.5 Å². The Hall–Kier alpha value is -3.86. The van der Waals surface area contributed by atoms with Crippen molar-refractivity contribution in [3.63, 3.8) is 0 Å². The van der Waals surface area contributed by atoms with Gasteiger partial charge in [-0.25, -0.2) is 0 Å². The predicted molar refractivity (Wildman–Crippen MR) is 125 cm³/mol. The summed E-state index contributed by atoms with van der Waals surface area (Å²) < 4.78 is 5.55. The predicted octanol–water partition coefficient (Wildman–Crippen LogP) is 5.19. The van der Waals surface area contributed by atoms with Crippen LogP contribution in [0.15, 0.2) is 78.4 Å². The van der Waals surface area contributed by atoms with Gasteiger partial charge in [0.25, 0.3) is 11.7 Å². The van der Waals surface area contributed by atoms with Crippen LogP contribution in [0.25, 0.3) is 5.76 Å². The Bertz CT molecular complexity index is 1210. The minimum atomic E-state index is -0.821. The highest BCUT2D eigenvalue weighted by molar-refractivity contribution is 6.51. The molecule has 162 valence electrons. The number of carbonyl (C=O) groups is 2. The summed E-state index contributed by atoms with van der Waals surface area (Å²) in [6, 6.07) is 21.2. The fraction of sp³-hybridized carbons (Fsp3) is 0.185. The van der Waals surface area contributed by atoms with E-state index in [1.807, 2.05) is 62.4 Å². The van der Waals surface area contributed by atoms with Crippen LogP contribution in [0, 0.1) is 6.92 Å². The number of aliphatic hydroxyl groups excluding tert-OH is 1. The van der Waals surface area contributed by atoms with Gasteiger partial charge >= 0.3 is 0 Å². The standard InChI is InChI=1S/C27H25NO4/c1-4-18-13-15-19(16-14-18)25(29)23-24(20-10-6-8-12-22(20)32-3)28(27(31)26(23)30)21-11-7-5-9-17(21)2/h5-16,24,29H,4H2,1-3H3/b25-23+. The van der Waals surface area contributed by atoms with Crippen molar-refractivity contribution in [2.75, 3.05) is 12.0 Å². The molecule has 1 heterocycles. The van der Waals surface area contributed by atoms with E-state index < -0.39 is 17.7 Å². The molecule has 1 unspecified atom stereocenters. The molecule has 0 aliphatic carbocycles. The molecule has 3 aromatic carbocycles.